The monoisotopic (exact) mass is 224 g/mol. The normalized spacial score (nSPS) is 29.6. The third-order valence-electron chi connectivity index (χ3n) is 3.39. The van der Waals surface area contributed by atoms with Crippen molar-refractivity contribution in [1.82, 2.24) is 0 Å². The van der Waals surface area contributed by atoms with E-state index in [1.54, 1.807) is 0 Å². The van der Waals surface area contributed by atoms with E-state index in [1.807, 2.05) is 0 Å². The molecule has 0 aromatic carbocycles. The van der Waals surface area contributed by atoms with Crippen LogP contribution < -0.4 is 0 Å². The molecular formula is C12H20N2O2. The summed E-state index contributed by atoms with van der Waals surface area (Å²) < 4.78 is 5.33. The van der Waals surface area contributed by atoms with Gasteiger partial charge in [0, 0.05) is 0 Å². The van der Waals surface area contributed by atoms with E-state index in [9.17, 15) is 4.79 Å². The number of hydrogen-bond donors (Lipinski definition) is 0. The van der Waals surface area contributed by atoms with Crippen molar-refractivity contribution >= 4 is 12.2 Å². The standard InChI is InChI=1S/C12H20N2O2/c1-8(2)10-5-4-9(3)6-11(10)16-12(15)7-14-13/h7-11H,4-6H2,1-3H3/t9-,10+,11+/m1/s1. The molecule has 0 heterocycles. The molecular weight excluding hydrogens is 204 g/mol. The number of esters is 1. The van der Waals surface area contributed by atoms with Gasteiger partial charge >= 0.3 is 12.2 Å². The fraction of sp³-hybridized carbons (Fsp3) is 0.833. The van der Waals surface area contributed by atoms with Crippen LogP contribution in [0.1, 0.15) is 40.0 Å². The molecule has 4 nitrogen and oxygen atoms in total. The van der Waals surface area contributed by atoms with E-state index in [-0.39, 0.29) is 6.10 Å². The number of nitrogens with zero attached hydrogens (tertiary/aromatic N) is 2. The highest BCUT2D eigenvalue weighted by molar-refractivity contribution is 6.20. The van der Waals surface area contributed by atoms with Crippen LogP contribution >= 0.6 is 0 Å². The molecule has 90 valence electrons. The maximum absolute atomic E-state index is 11.3. The zero-order valence-corrected chi connectivity index (χ0v) is 10.2. The highest BCUT2D eigenvalue weighted by Crippen LogP contribution is 2.35. The van der Waals surface area contributed by atoms with Gasteiger partial charge in [0.25, 0.3) is 0 Å². The van der Waals surface area contributed by atoms with Gasteiger partial charge < -0.3 is 10.3 Å². The van der Waals surface area contributed by atoms with Crippen molar-refractivity contribution in [2.75, 3.05) is 0 Å². The van der Waals surface area contributed by atoms with Gasteiger partial charge in [-0.3, -0.25) is 0 Å². The second-order valence-corrected chi connectivity index (χ2v) is 5.05. The highest BCUT2D eigenvalue weighted by Gasteiger charge is 2.33. The van der Waals surface area contributed by atoms with E-state index < -0.39 is 5.97 Å². The maximum atomic E-state index is 11.3. The Kier molecular flexibility index (Phi) is 4.69. The summed E-state index contributed by atoms with van der Waals surface area (Å²) in [6, 6.07) is 0. The first-order valence-electron chi connectivity index (χ1n) is 5.92. The van der Waals surface area contributed by atoms with E-state index in [1.165, 1.54) is 6.42 Å². The summed E-state index contributed by atoms with van der Waals surface area (Å²) in [5.41, 5.74) is 8.26. The van der Waals surface area contributed by atoms with Gasteiger partial charge in [0.15, 0.2) is 0 Å². The van der Waals surface area contributed by atoms with Crippen LogP contribution in [0.15, 0.2) is 0 Å². The summed E-state index contributed by atoms with van der Waals surface area (Å²) in [5.74, 6) is 0.981. The second-order valence-electron chi connectivity index (χ2n) is 5.05. The number of ether oxygens (including phenoxy) is 1. The topological polar surface area (TPSA) is 62.7 Å². The Balaban J connectivity index is 2.64. The van der Waals surface area contributed by atoms with Crippen molar-refractivity contribution in [3.8, 4) is 0 Å². The first kappa shape index (κ1) is 12.9. The molecule has 0 unspecified atom stereocenters. The van der Waals surface area contributed by atoms with Gasteiger partial charge in [0.05, 0.1) is 0 Å². The Morgan fingerprint density at radius 3 is 2.75 bits per heavy atom. The molecule has 0 aliphatic heterocycles. The van der Waals surface area contributed by atoms with E-state index in [4.69, 9.17) is 10.3 Å². The van der Waals surface area contributed by atoms with Gasteiger partial charge in [-0.15, -0.1) is 0 Å². The number of carbonyl (C=O) groups excluding carboxylic acids is 1. The van der Waals surface area contributed by atoms with E-state index >= 15 is 0 Å². The van der Waals surface area contributed by atoms with Crippen LogP contribution in [-0.4, -0.2) is 23.1 Å². The van der Waals surface area contributed by atoms with E-state index in [0.29, 0.717) is 17.8 Å². The quantitative estimate of drug-likeness (QED) is 0.319. The number of hydrogen-bond acceptors (Lipinski definition) is 2. The molecule has 1 saturated carbocycles. The molecule has 4 heteroatoms. The molecule has 0 amide bonds. The number of rotatable bonds is 3. The van der Waals surface area contributed by atoms with Gasteiger partial charge in [-0.25, -0.2) is 4.79 Å². The maximum Gasteiger partial charge on any atom is 0.413 e. The van der Waals surface area contributed by atoms with Crippen LogP contribution in [0.25, 0.3) is 5.53 Å². The first-order chi connectivity index (χ1) is 7.54. The van der Waals surface area contributed by atoms with Gasteiger partial charge in [-0.05, 0) is 30.6 Å². The highest BCUT2D eigenvalue weighted by atomic mass is 16.5. The fourth-order valence-corrected chi connectivity index (χ4v) is 2.48. The molecule has 0 N–H and O–H groups in total. The lowest BCUT2D eigenvalue weighted by molar-refractivity contribution is -0.150. The Hall–Kier alpha value is -1.15. The molecule has 16 heavy (non-hydrogen) atoms. The Morgan fingerprint density at radius 1 is 1.50 bits per heavy atom. The van der Waals surface area contributed by atoms with Crippen LogP contribution in [0.3, 0.4) is 0 Å². The molecule has 0 aromatic heterocycles. The Morgan fingerprint density at radius 2 is 2.19 bits per heavy atom. The molecule has 0 spiro atoms. The molecule has 1 rings (SSSR count). The van der Waals surface area contributed by atoms with Crippen LogP contribution in [0, 0.1) is 17.8 Å². The summed E-state index contributed by atoms with van der Waals surface area (Å²) in [4.78, 5) is 13.9. The van der Waals surface area contributed by atoms with Crippen molar-refractivity contribution in [1.29, 1.82) is 0 Å². The minimum atomic E-state index is -0.549. The second kappa shape index (κ2) is 5.80. The molecule has 0 bridgehead atoms. The number of carbonyl (C=O) groups is 1. The first-order valence-corrected chi connectivity index (χ1v) is 5.92. The molecule has 0 radical (unpaired) electrons. The predicted octanol–water partition coefficient (Wildman–Crippen LogP) is 2.29. The molecule has 0 saturated heterocycles. The van der Waals surface area contributed by atoms with Crippen LogP contribution in [-0.2, 0) is 9.53 Å². The summed E-state index contributed by atoms with van der Waals surface area (Å²) in [5, 5.41) is 0. The SMILES string of the molecule is CC(C)[C@@H]1CC[C@@H](C)C[C@@H]1OC(=O)C=[N+]=[N-]. The molecule has 1 aliphatic rings. The summed E-state index contributed by atoms with van der Waals surface area (Å²) in [6.45, 7) is 6.49. The minimum absolute atomic E-state index is 0.0331. The zero-order valence-electron chi connectivity index (χ0n) is 10.2. The lowest BCUT2D eigenvalue weighted by Crippen LogP contribution is -2.36. The minimum Gasteiger partial charge on any atom is -0.454 e. The van der Waals surface area contributed by atoms with Crippen LogP contribution in [0.5, 0.6) is 0 Å². The van der Waals surface area contributed by atoms with Crippen molar-refractivity contribution in [3.05, 3.63) is 5.53 Å². The van der Waals surface area contributed by atoms with E-state index in [0.717, 1.165) is 19.1 Å². The van der Waals surface area contributed by atoms with Crippen molar-refractivity contribution in [3.63, 3.8) is 0 Å². The lowest BCUT2D eigenvalue weighted by atomic mass is 9.75. The van der Waals surface area contributed by atoms with Crippen LogP contribution in [0.4, 0.5) is 0 Å². The Bertz CT molecular complexity index is 295. The smallest absolute Gasteiger partial charge is 0.413 e. The van der Waals surface area contributed by atoms with Gasteiger partial charge in [-0.2, -0.15) is 4.79 Å². The average molecular weight is 224 g/mol. The largest absolute Gasteiger partial charge is 0.454 e. The zero-order chi connectivity index (χ0) is 12.1. The van der Waals surface area contributed by atoms with Gasteiger partial charge in [0.1, 0.15) is 6.10 Å². The fourth-order valence-electron chi connectivity index (χ4n) is 2.48. The van der Waals surface area contributed by atoms with Crippen LogP contribution in [0.2, 0.25) is 0 Å². The molecule has 3 atom stereocenters. The average Bonchev–Trinajstić information content (AvgIpc) is 2.17. The molecule has 0 aromatic rings. The summed E-state index contributed by atoms with van der Waals surface area (Å²) >= 11 is 0. The van der Waals surface area contributed by atoms with Gasteiger partial charge in [0.2, 0.25) is 0 Å². The predicted molar refractivity (Wildman–Crippen MR) is 60.9 cm³/mol. The third-order valence-corrected chi connectivity index (χ3v) is 3.39. The Labute approximate surface area is 96.6 Å². The molecule has 1 aliphatic carbocycles. The molecule has 1 fully saturated rings. The van der Waals surface area contributed by atoms with Crippen molar-refractivity contribution in [2.45, 2.75) is 46.1 Å². The summed E-state index contributed by atoms with van der Waals surface area (Å²) in [6.07, 6.45) is 4.00. The van der Waals surface area contributed by atoms with Gasteiger partial charge in [-0.1, -0.05) is 27.2 Å². The summed E-state index contributed by atoms with van der Waals surface area (Å²) in [7, 11) is 0. The van der Waals surface area contributed by atoms with E-state index in [2.05, 4.69) is 25.6 Å². The third kappa shape index (κ3) is 3.46. The van der Waals surface area contributed by atoms with Crippen molar-refractivity contribution < 1.29 is 14.3 Å². The lowest BCUT2D eigenvalue weighted by Gasteiger charge is -2.36. The van der Waals surface area contributed by atoms with Crippen molar-refractivity contribution in [2.24, 2.45) is 17.8 Å².